The largest absolute Gasteiger partial charge is 0.504 e. The maximum absolute atomic E-state index is 14.0. The summed E-state index contributed by atoms with van der Waals surface area (Å²) in [5.41, 5.74) is -0.165. The number of nitrogens with one attached hydrogen (secondary N) is 1. The number of halogens is 4. The Morgan fingerprint density at radius 1 is 1.07 bits per heavy atom. The van der Waals surface area contributed by atoms with Gasteiger partial charge < -0.3 is 14.8 Å². The molecular formula is C21H17F4NO2. The van der Waals surface area contributed by atoms with Crippen LogP contribution in [0.3, 0.4) is 0 Å². The van der Waals surface area contributed by atoms with Crippen molar-refractivity contribution in [2.24, 2.45) is 0 Å². The highest BCUT2D eigenvalue weighted by Crippen LogP contribution is 2.45. The van der Waals surface area contributed by atoms with Gasteiger partial charge in [0.2, 0.25) is 5.88 Å². The van der Waals surface area contributed by atoms with Crippen LogP contribution in [-0.4, -0.2) is 11.1 Å². The molecule has 1 aliphatic rings. The van der Waals surface area contributed by atoms with E-state index >= 15 is 0 Å². The van der Waals surface area contributed by atoms with E-state index < -0.39 is 17.6 Å². The molecular weight excluding hydrogens is 374 g/mol. The topological polar surface area (TPSA) is 45.4 Å². The molecule has 0 radical (unpaired) electrons. The maximum Gasteiger partial charge on any atom is 0.416 e. The maximum atomic E-state index is 14.0. The molecule has 1 saturated carbocycles. The summed E-state index contributed by atoms with van der Waals surface area (Å²) >= 11 is 0. The van der Waals surface area contributed by atoms with Gasteiger partial charge in [0.25, 0.3) is 0 Å². The van der Waals surface area contributed by atoms with E-state index in [0.717, 1.165) is 25.0 Å². The van der Waals surface area contributed by atoms with Gasteiger partial charge in [-0.3, -0.25) is 0 Å². The first-order chi connectivity index (χ1) is 13.3. The van der Waals surface area contributed by atoms with Crippen LogP contribution < -0.4 is 5.32 Å². The highest BCUT2D eigenvalue weighted by Gasteiger charge is 2.32. The zero-order valence-electron chi connectivity index (χ0n) is 14.7. The Morgan fingerprint density at radius 2 is 1.82 bits per heavy atom. The van der Waals surface area contributed by atoms with Crippen molar-refractivity contribution in [3.8, 4) is 16.9 Å². The lowest BCUT2D eigenvalue weighted by Gasteiger charge is -2.09. The summed E-state index contributed by atoms with van der Waals surface area (Å²) in [7, 11) is 0. The van der Waals surface area contributed by atoms with E-state index in [4.69, 9.17) is 4.42 Å². The van der Waals surface area contributed by atoms with Gasteiger partial charge in [0.15, 0.2) is 11.5 Å². The Balaban J connectivity index is 1.77. The number of anilines is 1. The van der Waals surface area contributed by atoms with Gasteiger partial charge in [-0.15, -0.1) is 0 Å². The fourth-order valence-corrected chi connectivity index (χ4v) is 3.04. The van der Waals surface area contributed by atoms with Gasteiger partial charge in [-0.1, -0.05) is 30.3 Å². The van der Waals surface area contributed by atoms with Crippen LogP contribution in [0.1, 0.15) is 29.7 Å². The van der Waals surface area contributed by atoms with Crippen LogP contribution in [0, 0.1) is 5.82 Å². The molecule has 146 valence electrons. The van der Waals surface area contributed by atoms with Gasteiger partial charge in [0.1, 0.15) is 5.82 Å². The predicted molar refractivity (Wildman–Crippen MR) is 96.7 cm³/mol. The third kappa shape index (κ3) is 3.69. The van der Waals surface area contributed by atoms with Crippen LogP contribution in [0.25, 0.3) is 11.1 Å². The van der Waals surface area contributed by atoms with Crippen molar-refractivity contribution in [2.45, 2.75) is 31.5 Å². The van der Waals surface area contributed by atoms with E-state index in [1.807, 2.05) is 0 Å². The van der Waals surface area contributed by atoms with Crippen molar-refractivity contribution >= 4 is 5.88 Å². The summed E-state index contributed by atoms with van der Waals surface area (Å²) in [6, 6.07) is 10.9. The summed E-state index contributed by atoms with van der Waals surface area (Å²) in [5.74, 6) is -0.437. The average molecular weight is 391 g/mol. The lowest BCUT2D eigenvalue weighted by molar-refractivity contribution is -0.137. The number of furan rings is 1. The van der Waals surface area contributed by atoms with Gasteiger partial charge >= 0.3 is 6.18 Å². The first-order valence-corrected chi connectivity index (χ1v) is 8.85. The van der Waals surface area contributed by atoms with E-state index in [2.05, 4.69) is 5.32 Å². The third-order valence-electron chi connectivity index (χ3n) is 4.65. The number of rotatable bonds is 5. The molecule has 2 aromatic carbocycles. The number of aromatic hydroxyl groups is 1. The van der Waals surface area contributed by atoms with Gasteiger partial charge in [0, 0.05) is 12.5 Å². The Hall–Kier alpha value is -2.96. The molecule has 1 aliphatic carbocycles. The number of hydrogen-bond donors (Lipinski definition) is 2. The minimum atomic E-state index is -4.50. The molecule has 2 N–H and O–H groups in total. The number of hydrogen-bond acceptors (Lipinski definition) is 3. The molecule has 0 spiro atoms. The highest BCUT2D eigenvalue weighted by atomic mass is 19.4. The zero-order chi connectivity index (χ0) is 19.9. The smallest absolute Gasteiger partial charge is 0.416 e. The van der Waals surface area contributed by atoms with Crippen molar-refractivity contribution in [3.05, 3.63) is 71.2 Å². The lowest BCUT2D eigenvalue weighted by Crippen LogP contribution is -2.05. The molecule has 3 aromatic rings. The monoisotopic (exact) mass is 391 g/mol. The summed E-state index contributed by atoms with van der Waals surface area (Å²) in [4.78, 5) is 0. The van der Waals surface area contributed by atoms with Crippen LogP contribution in [0.15, 0.2) is 52.9 Å². The van der Waals surface area contributed by atoms with Crippen LogP contribution in [0.4, 0.5) is 23.4 Å². The van der Waals surface area contributed by atoms with E-state index in [1.54, 1.807) is 18.2 Å². The van der Waals surface area contributed by atoms with Gasteiger partial charge in [-0.25, -0.2) is 4.39 Å². The second-order valence-electron chi connectivity index (χ2n) is 6.84. The minimum absolute atomic E-state index is 0.0170. The van der Waals surface area contributed by atoms with E-state index in [9.17, 15) is 22.7 Å². The van der Waals surface area contributed by atoms with E-state index in [0.29, 0.717) is 5.56 Å². The minimum Gasteiger partial charge on any atom is -0.504 e. The van der Waals surface area contributed by atoms with Crippen LogP contribution in [-0.2, 0) is 12.6 Å². The fraction of sp³-hybridized carbons (Fsp3) is 0.238. The average Bonchev–Trinajstić information content (AvgIpc) is 3.41. The van der Waals surface area contributed by atoms with Crippen molar-refractivity contribution < 1.29 is 27.1 Å². The standard InChI is InChI=1S/C21H17F4NO2/c22-16-7-2-1-4-12(16)11-17-19(27)18(20(28-17)26-15-8-9-15)13-5-3-6-14(10-13)21(23,24)25/h1-7,10,15,26-27H,8-9,11H2. The Bertz CT molecular complexity index is 1010. The van der Waals surface area contributed by atoms with Gasteiger partial charge in [-0.2, -0.15) is 13.2 Å². The van der Waals surface area contributed by atoms with Crippen LogP contribution in [0.5, 0.6) is 5.75 Å². The van der Waals surface area contributed by atoms with Crippen molar-refractivity contribution in [2.75, 3.05) is 5.32 Å². The predicted octanol–water partition coefficient (Wildman–Crippen LogP) is 5.98. The Kier molecular flexibility index (Phi) is 4.53. The van der Waals surface area contributed by atoms with Crippen LogP contribution >= 0.6 is 0 Å². The molecule has 0 amide bonds. The molecule has 1 fully saturated rings. The Morgan fingerprint density at radius 3 is 2.50 bits per heavy atom. The zero-order valence-corrected chi connectivity index (χ0v) is 14.7. The molecule has 4 rings (SSSR count). The highest BCUT2D eigenvalue weighted by molar-refractivity contribution is 5.82. The Labute approximate surface area is 158 Å². The molecule has 0 saturated heterocycles. The summed E-state index contributed by atoms with van der Waals surface area (Å²) < 4.78 is 59.0. The second kappa shape index (κ2) is 6.89. The lowest BCUT2D eigenvalue weighted by atomic mass is 10.0. The molecule has 7 heteroatoms. The molecule has 0 bridgehead atoms. The fourth-order valence-electron chi connectivity index (χ4n) is 3.04. The van der Waals surface area contributed by atoms with Gasteiger partial charge in [0.05, 0.1) is 11.1 Å². The first kappa shape index (κ1) is 18.4. The van der Waals surface area contributed by atoms with E-state index in [-0.39, 0.29) is 41.0 Å². The van der Waals surface area contributed by atoms with Crippen molar-refractivity contribution in [1.82, 2.24) is 0 Å². The van der Waals surface area contributed by atoms with Gasteiger partial charge in [-0.05, 0) is 42.2 Å². The molecule has 28 heavy (non-hydrogen) atoms. The third-order valence-corrected chi connectivity index (χ3v) is 4.65. The number of alkyl halides is 3. The molecule has 3 nitrogen and oxygen atoms in total. The molecule has 1 heterocycles. The van der Waals surface area contributed by atoms with Crippen LogP contribution in [0.2, 0.25) is 0 Å². The molecule has 0 atom stereocenters. The number of benzene rings is 2. The quantitative estimate of drug-likeness (QED) is 0.526. The summed E-state index contributed by atoms with van der Waals surface area (Å²) in [6.45, 7) is 0. The molecule has 0 aliphatic heterocycles. The first-order valence-electron chi connectivity index (χ1n) is 8.85. The van der Waals surface area contributed by atoms with Crippen molar-refractivity contribution in [1.29, 1.82) is 0 Å². The summed E-state index contributed by atoms with van der Waals surface area (Å²) in [6.07, 6.45) is -2.70. The van der Waals surface area contributed by atoms with Crippen molar-refractivity contribution in [3.63, 3.8) is 0 Å². The van der Waals surface area contributed by atoms with E-state index in [1.165, 1.54) is 18.2 Å². The molecule has 0 unspecified atom stereocenters. The molecule has 1 aromatic heterocycles. The SMILES string of the molecule is Oc1c(Cc2ccccc2F)oc(NC2CC2)c1-c1cccc(C(F)(F)F)c1. The second-order valence-corrected chi connectivity index (χ2v) is 6.84. The summed E-state index contributed by atoms with van der Waals surface area (Å²) in [5, 5.41) is 13.8. The normalized spacial score (nSPS) is 14.3.